The van der Waals surface area contributed by atoms with Crippen molar-refractivity contribution < 1.29 is 4.79 Å². The molecule has 4 aromatic carbocycles. The molecule has 3 atom stereocenters. The Morgan fingerprint density at radius 1 is 0.658 bits per heavy atom. The van der Waals surface area contributed by atoms with Gasteiger partial charge in [-0.25, -0.2) is 4.79 Å². The first-order chi connectivity index (χ1) is 18.8. The molecule has 6 heteroatoms. The van der Waals surface area contributed by atoms with E-state index in [0.717, 1.165) is 5.75 Å². The molecule has 0 N–H and O–H groups in total. The lowest BCUT2D eigenvalue weighted by Gasteiger charge is -2.32. The Morgan fingerprint density at radius 2 is 1.11 bits per heavy atom. The average Bonchev–Trinajstić information content (AvgIpc) is 3.50. The standard InChI is InChI=1S/C32H30N2OS3/c35-32-33(21-24-13-5-1-6-14-24)28-23-36-30(29(28)34(32)22-25-15-7-2-8-16-25)31(37-26-17-9-3-10-18-26)38-27-19-11-4-12-20-27/h1-20,28-31H,21-23H2. The second-order valence-electron chi connectivity index (χ2n) is 9.60. The van der Waals surface area contributed by atoms with Gasteiger partial charge in [0, 0.05) is 33.9 Å². The fourth-order valence-corrected chi connectivity index (χ4v) is 10.2. The molecule has 2 fully saturated rings. The Morgan fingerprint density at radius 3 is 1.61 bits per heavy atom. The molecule has 4 aromatic rings. The van der Waals surface area contributed by atoms with Gasteiger partial charge in [-0.1, -0.05) is 97.1 Å². The van der Waals surface area contributed by atoms with Gasteiger partial charge in [-0.2, -0.15) is 11.8 Å². The van der Waals surface area contributed by atoms with Crippen LogP contribution in [0.1, 0.15) is 11.1 Å². The number of carbonyl (C=O) groups is 1. The Bertz CT molecular complexity index is 1280. The fourth-order valence-electron chi connectivity index (χ4n) is 5.30. The van der Waals surface area contributed by atoms with E-state index in [1.165, 1.54) is 20.9 Å². The molecular formula is C32H30N2OS3. The second kappa shape index (κ2) is 11.9. The monoisotopic (exact) mass is 554 g/mol. The van der Waals surface area contributed by atoms with Crippen molar-refractivity contribution >= 4 is 41.3 Å². The van der Waals surface area contributed by atoms with E-state index in [0.29, 0.717) is 18.3 Å². The molecular weight excluding hydrogens is 525 g/mol. The molecule has 0 saturated carbocycles. The van der Waals surface area contributed by atoms with Crippen molar-refractivity contribution in [3.8, 4) is 0 Å². The normalized spacial score (nSPS) is 20.8. The highest BCUT2D eigenvalue weighted by Crippen LogP contribution is 2.50. The van der Waals surface area contributed by atoms with Gasteiger partial charge in [0.15, 0.2) is 0 Å². The van der Waals surface area contributed by atoms with Crippen molar-refractivity contribution in [3.63, 3.8) is 0 Å². The number of hydrogen-bond donors (Lipinski definition) is 0. The van der Waals surface area contributed by atoms with Gasteiger partial charge in [0.25, 0.3) is 0 Å². The third-order valence-corrected chi connectivity index (χ3v) is 11.6. The van der Waals surface area contributed by atoms with Gasteiger partial charge in [-0.05, 0) is 35.4 Å². The molecule has 0 spiro atoms. The van der Waals surface area contributed by atoms with E-state index < -0.39 is 0 Å². The summed E-state index contributed by atoms with van der Waals surface area (Å²) in [4.78, 5) is 20.9. The Hall–Kier alpha value is -2.80. The van der Waals surface area contributed by atoms with Crippen LogP contribution in [-0.4, -0.2) is 43.5 Å². The second-order valence-corrected chi connectivity index (χ2v) is 13.5. The molecule has 6 rings (SSSR count). The Balaban J connectivity index is 1.33. The van der Waals surface area contributed by atoms with Gasteiger partial charge in [-0.3, -0.25) is 0 Å². The first kappa shape index (κ1) is 25.5. The van der Waals surface area contributed by atoms with Crippen LogP contribution in [0.4, 0.5) is 4.79 Å². The predicted octanol–water partition coefficient (Wildman–Crippen LogP) is 7.89. The largest absolute Gasteiger partial charge is 0.321 e. The third-order valence-electron chi connectivity index (χ3n) is 7.09. The summed E-state index contributed by atoms with van der Waals surface area (Å²) in [6, 6.07) is 42.7. The average molecular weight is 555 g/mol. The Labute approximate surface area is 238 Å². The van der Waals surface area contributed by atoms with Crippen molar-refractivity contribution in [2.24, 2.45) is 0 Å². The van der Waals surface area contributed by atoms with Crippen LogP contribution in [0.15, 0.2) is 131 Å². The van der Waals surface area contributed by atoms with E-state index in [1.54, 1.807) is 0 Å². The minimum Gasteiger partial charge on any atom is -0.314 e. The zero-order valence-corrected chi connectivity index (χ0v) is 23.5. The molecule has 2 aliphatic heterocycles. The van der Waals surface area contributed by atoms with E-state index in [9.17, 15) is 4.79 Å². The van der Waals surface area contributed by atoms with Gasteiger partial charge in [0.2, 0.25) is 0 Å². The summed E-state index contributed by atoms with van der Waals surface area (Å²) < 4.78 is 0.266. The van der Waals surface area contributed by atoms with Gasteiger partial charge in [0.1, 0.15) is 0 Å². The van der Waals surface area contributed by atoms with E-state index in [-0.39, 0.29) is 22.7 Å². The summed E-state index contributed by atoms with van der Waals surface area (Å²) in [5, 5.41) is 0.295. The number of amides is 2. The van der Waals surface area contributed by atoms with Crippen LogP contribution in [-0.2, 0) is 13.1 Å². The van der Waals surface area contributed by atoms with Crippen LogP contribution in [0.3, 0.4) is 0 Å². The molecule has 3 unspecified atom stereocenters. The number of hydrogen-bond acceptors (Lipinski definition) is 4. The summed E-state index contributed by atoms with van der Waals surface area (Å²) in [5.74, 6) is 0.959. The van der Waals surface area contributed by atoms with Gasteiger partial charge >= 0.3 is 6.03 Å². The molecule has 0 aromatic heterocycles. The van der Waals surface area contributed by atoms with Gasteiger partial charge in [0.05, 0.1) is 16.7 Å². The number of nitrogens with zero attached hydrogens (tertiary/aromatic N) is 2. The number of urea groups is 1. The fraction of sp³-hybridized carbons (Fsp3) is 0.219. The number of benzene rings is 4. The first-order valence-corrected chi connectivity index (χ1v) is 15.8. The van der Waals surface area contributed by atoms with E-state index >= 15 is 0 Å². The minimum absolute atomic E-state index is 0.147. The van der Waals surface area contributed by atoms with Crippen molar-refractivity contribution in [2.45, 2.75) is 44.8 Å². The number of carbonyl (C=O) groups excluding carboxylic acids is 1. The van der Waals surface area contributed by atoms with E-state index in [4.69, 9.17) is 0 Å². The predicted molar refractivity (Wildman–Crippen MR) is 162 cm³/mol. The summed E-state index contributed by atoms with van der Waals surface area (Å²) in [5.41, 5.74) is 2.36. The van der Waals surface area contributed by atoms with Crippen molar-refractivity contribution in [3.05, 3.63) is 132 Å². The smallest absolute Gasteiger partial charge is 0.314 e. The van der Waals surface area contributed by atoms with Gasteiger partial charge < -0.3 is 9.80 Å². The summed E-state index contributed by atoms with van der Waals surface area (Å²) in [6.07, 6.45) is 0. The molecule has 2 amide bonds. The van der Waals surface area contributed by atoms with Crippen molar-refractivity contribution in [1.29, 1.82) is 0 Å². The van der Waals surface area contributed by atoms with Crippen LogP contribution in [0.5, 0.6) is 0 Å². The molecule has 38 heavy (non-hydrogen) atoms. The zero-order valence-electron chi connectivity index (χ0n) is 21.0. The molecule has 0 bridgehead atoms. The number of fused-ring (bicyclic) bond motifs is 1. The van der Waals surface area contributed by atoms with Gasteiger partial charge in [-0.15, -0.1) is 23.5 Å². The third kappa shape index (κ3) is 5.63. The summed E-state index contributed by atoms with van der Waals surface area (Å²) in [6.45, 7) is 1.30. The molecule has 0 radical (unpaired) electrons. The number of rotatable bonds is 9. The molecule has 192 valence electrons. The lowest BCUT2D eigenvalue weighted by Crippen LogP contribution is -2.43. The molecule has 0 aliphatic carbocycles. The molecule has 2 aliphatic rings. The maximum Gasteiger partial charge on any atom is 0.321 e. The first-order valence-electron chi connectivity index (χ1n) is 13.0. The quantitative estimate of drug-likeness (QED) is 0.119. The molecule has 3 nitrogen and oxygen atoms in total. The van der Waals surface area contributed by atoms with E-state index in [1.807, 2.05) is 47.4 Å². The van der Waals surface area contributed by atoms with Crippen molar-refractivity contribution in [1.82, 2.24) is 9.80 Å². The highest BCUT2D eigenvalue weighted by molar-refractivity contribution is 8.18. The lowest BCUT2D eigenvalue weighted by atomic mass is 10.1. The van der Waals surface area contributed by atoms with Crippen molar-refractivity contribution in [2.75, 3.05) is 5.75 Å². The van der Waals surface area contributed by atoms with Crippen LogP contribution in [0.25, 0.3) is 0 Å². The zero-order chi connectivity index (χ0) is 25.7. The summed E-state index contributed by atoms with van der Waals surface area (Å²) >= 11 is 5.89. The highest BCUT2D eigenvalue weighted by Gasteiger charge is 2.55. The van der Waals surface area contributed by atoms with Crippen LogP contribution in [0.2, 0.25) is 0 Å². The maximum atomic E-state index is 14.0. The van der Waals surface area contributed by atoms with Crippen LogP contribution < -0.4 is 0 Å². The SMILES string of the molecule is O=C1N(Cc2ccccc2)C2CSC(C(Sc3ccccc3)Sc3ccccc3)C2N1Cc1ccccc1. The molecule has 2 saturated heterocycles. The number of thioether (sulfide) groups is 3. The maximum absolute atomic E-state index is 14.0. The van der Waals surface area contributed by atoms with Crippen LogP contribution in [0, 0.1) is 0 Å². The topological polar surface area (TPSA) is 23.6 Å². The summed E-state index contributed by atoms with van der Waals surface area (Å²) in [7, 11) is 0. The highest BCUT2D eigenvalue weighted by atomic mass is 32.2. The minimum atomic E-state index is 0.147. The Kier molecular flexibility index (Phi) is 8.00. The lowest BCUT2D eigenvalue weighted by molar-refractivity contribution is 0.181. The van der Waals surface area contributed by atoms with E-state index in [2.05, 4.69) is 119 Å². The molecule has 2 heterocycles. The van der Waals surface area contributed by atoms with Crippen LogP contribution >= 0.6 is 35.3 Å².